The van der Waals surface area contributed by atoms with Crippen molar-refractivity contribution in [2.75, 3.05) is 7.11 Å². The van der Waals surface area contributed by atoms with Crippen molar-refractivity contribution in [3.63, 3.8) is 0 Å². The highest BCUT2D eigenvalue weighted by molar-refractivity contribution is 5.28. The van der Waals surface area contributed by atoms with Gasteiger partial charge in [0, 0.05) is 11.8 Å². The number of hydrogen-bond donors (Lipinski definition) is 2. The molecule has 3 N–H and O–H groups in total. The van der Waals surface area contributed by atoms with Crippen LogP contribution in [0.4, 0.5) is 0 Å². The maximum atomic E-state index is 5.64. The molecule has 0 saturated heterocycles. The molecule has 1 atom stereocenters. The number of ether oxygens (including phenoxy) is 1. The van der Waals surface area contributed by atoms with Gasteiger partial charge in [-0.2, -0.15) is 0 Å². The third kappa shape index (κ3) is 4.63. The van der Waals surface area contributed by atoms with E-state index in [0.717, 1.165) is 12.0 Å². The Labute approximate surface area is 110 Å². The lowest BCUT2D eigenvalue weighted by Crippen LogP contribution is -2.28. The number of nitrogens with one attached hydrogen (secondary N) is 1. The van der Waals surface area contributed by atoms with Crippen LogP contribution in [0.3, 0.4) is 0 Å². The number of aromatic nitrogens is 1. The average Bonchev–Trinajstić information content (AvgIpc) is 2.43. The molecule has 0 aliphatic rings. The fraction of sp³-hybridized carbons (Fsp3) is 0.643. The van der Waals surface area contributed by atoms with Crippen molar-refractivity contribution in [2.45, 2.75) is 51.5 Å². The maximum absolute atomic E-state index is 5.64. The maximum Gasteiger partial charge on any atom is 0.217 e. The molecule has 18 heavy (non-hydrogen) atoms. The van der Waals surface area contributed by atoms with Crippen LogP contribution in [-0.4, -0.2) is 12.1 Å². The normalized spacial score (nSPS) is 12.4. The number of nitrogens with zero attached hydrogens (tertiary/aromatic N) is 1. The molecule has 0 radical (unpaired) electrons. The van der Waals surface area contributed by atoms with Gasteiger partial charge in [0.15, 0.2) is 0 Å². The molecule has 0 saturated carbocycles. The average molecular weight is 251 g/mol. The van der Waals surface area contributed by atoms with Crippen LogP contribution < -0.4 is 16.0 Å². The molecule has 0 fully saturated rings. The fourth-order valence-corrected chi connectivity index (χ4v) is 2.12. The first kappa shape index (κ1) is 14.9. The van der Waals surface area contributed by atoms with E-state index in [0.29, 0.717) is 5.88 Å². The van der Waals surface area contributed by atoms with Crippen LogP contribution in [0.15, 0.2) is 18.3 Å². The number of nitrogens with two attached hydrogens (primary N) is 1. The summed E-state index contributed by atoms with van der Waals surface area (Å²) < 4.78 is 5.27. The van der Waals surface area contributed by atoms with Crippen LogP contribution in [0.5, 0.6) is 5.88 Å². The van der Waals surface area contributed by atoms with Gasteiger partial charge in [-0.25, -0.2) is 4.98 Å². The predicted molar refractivity (Wildman–Crippen MR) is 74.2 cm³/mol. The molecule has 1 aromatic rings. The Hall–Kier alpha value is -1.13. The summed E-state index contributed by atoms with van der Waals surface area (Å²) in [6, 6.07) is 4.05. The smallest absolute Gasteiger partial charge is 0.217 e. The second-order valence-electron chi connectivity index (χ2n) is 4.52. The molecule has 1 aromatic heterocycles. The molecule has 4 nitrogen and oxygen atoms in total. The molecule has 0 aromatic carbocycles. The van der Waals surface area contributed by atoms with E-state index in [1.807, 2.05) is 12.1 Å². The topological polar surface area (TPSA) is 60.2 Å². The highest BCUT2D eigenvalue weighted by Crippen LogP contribution is 2.26. The Balaban J connectivity index is 2.49. The van der Waals surface area contributed by atoms with Crippen molar-refractivity contribution in [3.8, 4) is 5.88 Å². The van der Waals surface area contributed by atoms with Crippen LogP contribution in [0.1, 0.15) is 57.1 Å². The summed E-state index contributed by atoms with van der Waals surface area (Å²) in [5.41, 5.74) is 3.90. The van der Waals surface area contributed by atoms with Gasteiger partial charge in [-0.3, -0.25) is 11.3 Å². The van der Waals surface area contributed by atoms with E-state index < -0.39 is 0 Å². The van der Waals surface area contributed by atoms with Crippen LogP contribution >= 0.6 is 0 Å². The van der Waals surface area contributed by atoms with Crippen LogP contribution in [0, 0.1) is 0 Å². The zero-order valence-corrected chi connectivity index (χ0v) is 11.5. The number of methoxy groups -OCH3 is 1. The standard InChI is InChI=1S/C14H25N3O/c1-3-4-5-6-7-10-13(17-15)12-9-8-11-16-14(12)18-2/h8-9,11,13,17H,3-7,10,15H2,1-2H3. The van der Waals surface area contributed by atoms with Gasteiger partial charge in [-0.1, -0.05) is 45.1 Å². The van der Waals surface area contributed by atoms with Crippen LogP contribution in [-0.2, 0) is 0 Å². The summed E-state index contributed by atoms with van der Waals surface area (Å²) in [7, 11) is 1.64. The van der Waals surface area contributed by atoms with Crippen LogP contribution in [0.2, 0.25) is 0 Å². The van der Waals surface area contributed by atoms with E-state index in [1.54, 1.807) is 13.3 Å². The Morgan fingerprint density at radius 1 is 1.33 bits per heavy atom. The van der Waals surface area contributed by atoms with Gasteiger partial charge < -0.3 is 4.74 Å². The van der Waals surface area contributed by atoms with Gasteiger partial charge in [0.25, 0.3) is 0 Å². The van der Waals surface area contributed by atoms with Crippen molar-refractivity contribution in [3.05, 3.63) is 23.9 Å². The number of pyridine rings is 1. The lowest BCUT2D eigenvalue weighted by Gasteiger charge is -2.18. The first-order chi connectivity index (χ1) is 8.83. The third-order valence-electron chi connectivity index (χ3n) is 3.17. The first-order valence-corrected chi connectivity index (χ1v) is 6.78. The molecule has 102 valence electrons. The summed E-state index contributed by atoms with van der Waals surface area (Å²) in [5, 5.41) is 0. The van der Waals surface area contributed by atoms with E-state index in [1.165, 1.54) is 32.1 Å². The van der Waals surface area contributed by atoms with Gasteiger partial charge >= 0.3 is 0 Å². The number of hydrazine groups is 1. The third-order valence-corrected chi connectivity index (χ3v) is 3.17. The molecule has 0 amide bonds. The Bertz CT molecular complexity index is 331. The van der Waals surface area contributed by atoms with E-state index >= 15 is 0 Å². The van der Waals surface area contributed by atoms with E-state index in [4.69, 9.17) is 10.6 Å². The van der Waals surface area contributed by atoms with Crippen molar-refractivity contribution < 1.29 is 4.74 Å². The minimum Gasteiger partial charge on any atom is -0.481 e. The minimum absolute atomic E-state index is 0.121. The van der Waals surface area contributed by atoms with Crippen LogP contribution in [0.25, 0.3) is 0 Å². The van der Waals surface area contributed by atoms with Crippen molar-refractivity contribution >= 4 is 0 Å². The number of hydrogen-bond acceptors (Lipinski definition) is 4. The van der Waals surface area contributed by atoms with Gasteiger partial charge in [0.2, 0.25) is 5.88 Å². The molecular formula is C14H25N3O. The number of rotatable bonds is 9. The zero-order chi connectivity index (χ0) is 13.2. The molecule has 1 unspecified atom stereocenters. The Kier molecular flexibility index (Phi) is 7.37. The summed E-state index contributed by atoms with van der Waals surface area (Å²) in [6.45, 7) is 2.23. The Morgan fingerprint density at radius 2 is 2.11 bits per heavy atom. The predicted octanol–water partition coefficient (Wildman–Crippen LogP) is 2.96. The van der Waals surface area contributed by atoms with E-state index in [-0.39, 0.29) is 6.04 Å². The molecule has 0 aliphatic heterocycles. The quantitative estimate of drug-likeness (QED) is 0.402. The van der Waals surface area contributed by atoms with Gasteiger partial charge in [0.05, 0.1) is 13.2 Å². The monoisotopic (exact) mass is 251 g/mol. The van der Waals surface area contributed by atoms with Gasteiger partial charge in [-0.15, -0.1) is 0 Å². The lowest BCUT2D eigenvalue weighted by molar-refractivity contribution is 0.377. The first-order valence-electron chi connectivity index (χ1n) is 6.78. The molecular weight excluding hydrogens is 226 g/mol. The van der Waals surface area contributed by atoms with Gasteiger partial charge in [-0.05, 0) is 12.5 Å². The summed E-state index contributed by atoms with van der Waals surface area (Å²) >= 11 is 0. The SMILES string of the molecule is CCCCCCCC(NN)c1cccnc1OC. The molecule has 4 heteroatoms. The van der Waals surface area contributed by atoms with Crippen molar-refractivity contribution in [1.82, 2.24) is 10.4 Å². The fourth-order valence-electron chi connectivity index (χ4n) is 2.12. The molecule has 1 heterocycles. The highest BCUT2D eigenvalue weighted by Gasteiger charge is 2.14. The summed E-state index contributed by atoms with van der Waals surface area (Å²) in [6.07, 6.45) is 9.07. The summed E-state index contributed by atoms with van der Waals surface area (Å²) in [5.74, 6) is 6.30. The molecule has 0 spiro atoms. The molecule has 0 bridgehead atoms. The lowest BCUT2D eigenvalue weighted by atomic mass is 10.0. The second kappa shape index (κ2) is 8.89. The van der Waals surface area contributed by atoms with E-state index in [9.17, 15) is 0 Å². The molecule has 0 aliphatic carbocycles. The van der Waals surface area contributed by atoms with Crippen molar-refractivity contribution in [1.29, 1.82) is 0 Å². The Morgan fingerprint density at radius 3 is 2.78 bits per heavy atom. The van der Waals surface area contributed by atoms with Crippen molar-refractivity contribution in [2.24, 2.45) is 5.84 Å². The molecule has 1 rings (SSSR count). The minimum atomic E-state index is 0.121. The zero-order valence-electron chi connectivity index (χ0n) is 11.5. The summed E-state index contributed by atoms with van der Waals surface area (Å²) in [4.78, 5) is 4.21. The largest absolute Gasteiger partial charge is 0.481 e. The van der Waals surface area contributed by atoms with E-state index in [2.05, 4.69) is 17.3 Å². The second-order valence-corrected chi connectivity index (χ2v) is 4.52. The number of unbranched alkanes of at least 4 members (excludes halogenated alkanes) is 4. The highest BCUT2D eigenvalue weighted by atomic mass is 16.5. The van der Waals surface area contributed by atoms with Gasteiger partial charge in [0.1, 0.15) is 0 Å².